The summed E-state index contributed by atoms with van der Waals surface area (Å²) in [6.07, 6.45) is 0. The summed E-state index contributed by atoms with van der Waals surface area (Å²) < 4.78 is 1.43. The van der Waals surface area contributed by atoms with E-state index in [1.54, 1.807) is 18.2 Å². The van der Waals surface area contributed by atoms with Crippen molar-refractivity contribution in [3.63, 3.8) is 0 Å². The summed E-state index contributed by atoms with van der Waals surface area (Å²) in [4.78, 5) is 14.2. The molecule has 6 nitrogen and oxygen atoms in total. The van der Waals surface area contributed by atoms with Crippen LogP contribution in [0.25, 0.3) is 16.7 Å². The van der Waals surface area contributed by atoms with Crippen molar-refractivity contribution in [3.8, 4) is 0 Å². The van der Waals surface area contributed by atoms with Gasteiger partial charge in [0.1, 0.15) is 0 Å². The Hall–Kier alpha value is -1.95. The van der Waals surface area contributed by atoms with Gasteiger partial charge in [0.2, 0.25) is 0 Å². The fourth-order valence-corrected chi connectivity index (χ4v) is 1.63. The van der Waals surface area contributed by atoms with E-state index in [0.29, 0.717) is 21.7 Å². The molecule has 0 spiro atoms. The monoisotopic (exact) mass is 221 g/mol. The molecule has 1 aromatic carbocycles. The Morgan fingerprint density at radius 2 is 2.27 bits per heavy atom. The van der Waals surface area contributed by atoms with Crippen molar-refractivity contribution in [1.29, 1.82) is 0 Å². The van der Waals surface area contributed by atoms with E-state index in [0.717, 1.165) is 0 Å². The highest BCUT2D eigenvalue weighted by Crippen LogP contribution is 2.15. The summed E-state index contributed by atoms with van der Waals surface area (Å²) in [5.41, 5.74) is 0.357. The number of nitrogens with one attached hydrogen (secondary N) is 1. The maximum absolute atomic E-state index is 11.6. The quantitative estimate of drug-likeness (QED) is 0.604. The lowest BCUT2D eigenvalue weighted by Gasteiger charge is -1.98. The third-order valence-corrected chi connectivity index (χ3v) is 2.36. The number of hydrogen-bond donors (Lipinski definition) is 1. The Bertz CT molecular complexity index is 716. The third kappa shape index (κ3) is 1.11. The van der Waals surface area contributed by atoms with Crippen LogP contribution in [0, 0.1) is 0 Å². The largest absolute Gasteiger partial charge is 0.289 e. The predicted molar refractivity (Wildman–Crippen MR) is 53.9 cm³/mol. The summed E-state index contributed by atoms with van der Waals surface area (Å²) in [6, 6.07) is 4.93. The number of rotatable bonds is 0. The van der Waals surface area contributed by atoms with Crippen molar-refractivity contribution in [3.05, 3.63) is 33.6 Å². The topological polar surface area (TPSA) is 75.9 Å². The number of fused-ring (bicyclic) bond motifs is 3. The summed E-state index contributed by atoms with van der Waals surface area (Å²) in [5.74, 6) is 0.301. The second kappa shape index (κ2) is 2.77. The number of halogens is 1. The van der Waals surface area contributed by atoms with Crippen molar-refractivity contribution in [2.24, 2.45) is 0 Å². The summed E-state index contributed by atoms with van der Waals surface area (Å²) >= 11 is 5.84. The van der Waals surface area contributed by atoms with Crippen LogP contribution >= 0.6 is 11.6 Å². The first kappa shape index (κ1) is 8.37. The first-order valence-corrected chi connectivity index (χ1v) is 4.53. The Balaban J connectivity index is 2.69. The van der Waals surface area contributed by atoms with E-state index in [1.165, 1.54) is 4.52 Å². The number of nitrogens with zero attached hydrogens (tertiary/aromatic N) is 4. The number of aromatic amines is 1. The molecule has 0 aliphatic carbocycles. The molecule has 0 amide bonds. The minimum Gasteiger partial charge on any atom is -0.289 e. The van der Waals surface area contributed by atoms with E-state index in [2.05, 4.69) is 20.5 Å². The van der Waals surface area contributed by atoms with Gasteiger partial charge in [-0.3, -0.25) is 9.78 Å². The first-order chi connectivity index (χ1) is 7.25. The zero-order valence-electron chi connectivity index (χ0n) is 7.31. The molecule has 0 bridgehead atoms. The van der Waals surface area contributed by atoms with Gasteiger partial charge in [0.05, 0.1) is 10.9 Å². The van der Waals surface area contributed by atoms with Crippen LogP contribution in [0.2, 0.25) is 5.02 Å². The van der Waals surface area contributed by atoms with E-state index in [9.17, 15) is 4.79 Å². The molecular weight excluding hydrogens is 218 g/mol. The van der Waals surface area contributed by atoms with Gasteiger partial charge in [-0.15, -0.1) is 0 Å². The van der Waals surface area contributed by atoms with E-state index < -0.39 is 0 Å². The minimum absolute atomic E-state index is 0.232. The molecule has 74 valence electrons. The molecule has 3 aromatic rings. The molecule has 3 rings (SSSR count). The number of tetrazole rings is 1. The highest BCUT2D eigenvalue weighted by atomic mass is 35.5. The molecule has 2 heterocycles. The van der Waals surface area contributed by atoms with Crippen LogP contribution in [0.4, 0.5) is 0 Å². The van der Waals surface area contributed by atoms with Gasteiger partial charge >= 0.3 is 0 Å². The molecule has 0 fully saturated rings. The number of hydrogen-bond acceptors (Lipinski definition) is 4. The average molecular weight is 222 g/mol. The molecule has 1 N–H and O–H groups in total. The Kier molecular flexibility index (Phi) is 1.54. The Labute approximate surface area is 87.5 Å². The predicted octanol–water partition coefficient (Wildman–Crippen LogP) is 0.619. The molecule has 0 radical (unpaired) electrons. The van der Waals surface area contributed by atoms with Gasteiger partial charge in [0, 0.05) is 5.02 Å². The van der Waals surface area contributed by atoms with Gasteiger partial charge in [-0.1, -0.05) is 16.7 Å². The van der Waals surface area contributed by atoms with Crippen molar-refractivity contribution < 1.29 is 0 Å². The van der Waals surface area contributed by atoms with E-state index in [1.807, 2.05) is 0 Å². The van der Waals surface area contributed by atoms with E-state index in [4.69, 9.17) is 11.6 Å². The van der Waals surface area contributed by atoms with Crippen molar-refractivity contribution in [1.82, 2.24) is 25.0 Å². The van der Waals surface area contributed by atoms with Gasteiger partial charge < -0.3 is 0 Å². The van der Waals surface area contributed by atoms with Gasteiger partial charge in [-0.05, 0) is 28.6 Å². The van der Waals surface area contributed by atoms with Crippen LogP contribution in [0.5, 0.6) is 0 Å². The van der Waals surface area contributed by atoms with Crippen molar-refractivity contribution >= 4 is 28.3 Å². The molecule has 0 aliphatic heterocycles. The van der Waals surface area contributed by atoms with Crippen LogP contribution in [0.15, 0.2) is 23.0 Å². The fraction of sp³-hybridized carbons (Fsp3) is 0. The third-order valence-electron chi connectivity index (χ3n) is 2.13. The summed E-state index contributed by atoms with van der Waals surface area (Å²) in [5, 5.41) is 11.9. The lowest BCUT2D eigenvalue weighted by molar-refractivity contribution is 0.840. The van der Waals surface area contributed by atoms with Crippen LogP contribution in [-0.4, -0.2) is 25.0 Å². The lowest BCUT2D eigenvalue weighted by Crippen LogP contribution is -2.10. The SMILES string of the molecule is O=c1[nH]c2nnnn2c2cc(Cl)ccc12. The average Bonchev–Trinajstić information content (AvgIpc) is 2.65. The molecule has 2 aromatic heterocycles. The minimum atomic E-state index is -0.232. The van der Waals surface area contributed by atoms with Gasteiger partial charge in [-0.25, -0.2) is 0 Å². The first-order valence-electron chi connectivity index (χ1n) is 4.15. The second-order valence-electron chi connectivity index (χ2n) is 3.03. The van der Waals surface area contributed by atoms with Crippen LogP contribution in [-0.2, 0) is 0 Å². The molecule has 0 saturated heterocycles. The molecule has 15 heavy (non-hydrogen) atoms. The van der Waals surface area contributed by atoms with Crippen LogP contribution in [0.3, 0.4) is 0 Å². The zero-order valence-corrected chi connectivity index (χ0v) is 8.06. The zero-order chi connectivity index (χ0) is 10.4. The summed E-state index contributed by atoms with van der Waals surface area (Å²) in [7, 11) is 0. The van der Waals surface area contributed by atoms with Crippen LogP contribution in [0.1, 0.15) is 0 Å². The highest BCUT2D eigenvalue weighted by Gasteiger charge is 2.07. The van der Waals surface area contributed by atoms with Crippen molar-refractivity contribution in [2.45, 2.75) is 0 Å². The highest BCUT2D eigenvalue weighted by molar-refractivity contribution is 6.31. The number of benzene rings is 1. The Morgan fingerprint density at radius 3 is 3.13 bits per heavy atom. The van der Waals surface area contributed by atoms with Gasteiger partial charge in [-0.2, -0.15) is 4.52 Å². The normalized spacial score (nSPS) is 11.3. The second-order valence-corrected chi connectivity index (χ2v) is 3.47. The van der Waals surface area contributed by atoms with Crippen molar-refractivity contribution in [2.75, 3.05) is 0 Å². The maximum atomic E-state index is 11.6. The molecule has 0 atom stereocenters. The molecule has 0 unspecified atom stereocenters. The summed E-state index contributed by atoms with van der Waals surface area (Å²) in [6.45, 7) is 0. The Morgan fingerprint density at radius 1 is 1.40 bits per heavy atom. The maximum Gasteiger partial charge on any atom is 0.260 e. The molecule has 0 aliphatic rings. The molecule has 0 saturated carbocycles. The lowest BCUT2D eigenvalue weighted by atomic mass is 10.2. The standard InChI is InChI=1S/C8H4ClN5O/c9-4-1-2-5-6(3-4)14-8(10-7(5)15)11-12-13-14/h1-3H,(H,10,11,13,15). The molecule has 7 heteroatoms. The number of H-pyrrole nitrogens is 1. The van der Waals surface area contributed by atoms with Gasteiger partial charge in [0.25, 0.3) is 11.3 Å². The van der Waals surface area contributed by atoms with Gasteiger partial charge in [0.15, 0.2) is 0 Å². The van der Waals surface area contributed by atoms with E-state index in [-0.39, 0.29) is 5.56 Å². The number of aromatic nitrogens is 5. The van der Waals surface area contributed by atoms with Crippen LogP contribution < -0.4 is 5.56 Å². The smallest absolute Gasteiger partial charge is 0.260 e. The fourth-order valence-electron chi connectivity index (χ4n) is 1.47. The molecular formula is C8H4ClN5O. The van der Waals surface area contributed by atoms with E-state index >= 15 is 0 Å².